The van der Waals surface area contributed by atoms with Gasteiger partial charge in [-0.1, -0.05) is 18.6 Å². The zero-order valence-corrected chi connectivity index (χ0v) is 5.38. The lowest BCUT2D eigenvalue weighted by atomic mass is 9.98. The molecule has 1 saturated carbocycles. The Labute approximate surface area is 56.8 Å². The summed E-state index contributed by atoms with van der Waals surface area (Å²) in [6, 6.07) is 0. The minimum atomic E-state index is -1.23. The standard InChI is InChI=1S/C8H12O/c9-8-5-4-6-2-1-3-7(6)8/h4-9H,1-3H2/t6-,7-,8-/m1/s1/i8D. The molecule has 0 aromatic rings. The summed E-state index contributed by atoms with van der Waals surface area (Å²) < 4.78 is 7.48. The van der Waals surface area contributed by atoms with Crippen LogP contribution in [0.2, 0.25) is 0 Å². The van der Waals surface area contributed by atoms with Crippen LogP contribution in [0.3, 0.4) is 0 Å². The largest absolute Gasteiger partial charge is 0.389 e. The molecule has 1 N–H and O–H groups in total. The average molecular weight is 125 g/mol. The first-order valence-corrected chi connectivity index (χ1v) is 3.62. The van der Waals surface area contributed by atoms with Gasteiger partial charge >= 0.3 is 0 Å². The summed E-state index contributed by atoms with van der Waals surface area (Å²) in [6.07, 6.45) is 5.79. The summed E-state index contributed by atoms with van der Waals surface area (Å²) in [5.74, 6) is 0.704. The molecule has 0 aromatic carbocycles. The molecule has 0 amide bonds. The molecular formula is C8H12O. The SMILES string of the molecule is [2H][C@@]1(O)C=C[C@H]2CCC[C@H]21. The predicted octanol–water partition coefficient (Wildman–Crippen LogP) is 1.33. The first-order chi connectivity index (χ1) is 4.70. The van der Waals surface area contributed by atoms with Crippen LogP contribution in [-0.4, -0.2) is 11.2 Å². The number of rotatable bonds is 0. The van der Waals surface area contributed by atoms with Crippen LogP contribution < -0.4 is 0 Å². The summed E-state index contributed by atoms with van der Waals surface area (Å²) >= 11 is 0. The van der Waals surface area contributed by atoms with E-state index in [2.05, 4.69) is 0 Å². The second-order valence-electron chi connectivity index (χ2n) is 2.99. The van der Waals surface area contributed by atoms with Crippen molar-refractivity contribution in [3.05, 3.63) is 12.2 Å². The van der Waals surface area contributed by atoms with Crippen molar-refractivity contribution in [2.45, 2.75) is 25.3 Å². The van der Waals surface area contributed by atoms with Gasteiger partial charge in [0.2, 0.25) is 0 Å². The second kappa shape index (κ2) is 1.84. The van der Waals surface area contributed by atoms with Crippen LogP contribution in [0.4, 0.5) is 0 Å². The average Bonchev–Trinajstić information content (AvgIpc) is 2.36. The molecular weight excluding hydrogens is 112 g/mol. The van der Waals surface area contributed by atoms with Gasteiger partial charge in [-0.05, 0) is 24.7 Å². The maximum absolute atomic E-state index is 9.44. The summed E-state index contributed by atoms with van der Waals surface area (Å²) in [4.78, 5) is 0. The van der Waals surface area contributed by atoms with Gasteiger partial charge < -0.3 is 5.11 Å². The normalized spacial score (nSPS) is 57.7. The third-order valence-electron chi connectivity index (χ3n) is 2.46. The number of aliphatic hydroxyl groups is 1. The van der Waals surface area contributed by atoms with Crippen molar-refractivity contribution < 1.29 is 6.48 Å². The molecule has 2 aliphatic rings. The molecule has 0 unspecified atom stereocenters. The molecule has 0 spiro atoms. The third-order valence-corrected chi connectivity index (χ3v) is 2.46. The molecule has 50 valence electrons. The highest BCUT2D eigenvalue weighted by atomic mass is 16.3. The maximum Gasteiger partial charge on any atom is 0.0754 e. The molecule has 2 aliphatic carbocycles. The van der Waals surface area contributed by atoms with Gasteiger partial charge in [0.05, 0.1) is 7.45 Å². The zero-order valence-electron chi connectivity index (χ0n) is 6.38. The lowest BCUT2D eigenvalue weighted by Crippen LogP contribution is -2.14. The number of hydrogen-bond donors (Lipinski definition) is 1. The highest BCUT2D eigenvalue weighted by molar-refractivity contribution is 5.09. The Morgan fingerprint density at radius 3 is 3.11 bits per heavy atom. The molecule has 0 aromatic heterocycles. The van der Waals surface area contributed by atoms with Gasteiger partial charge in [0, 0.05) is 0 Å². The molecule has 0 saturated heterocycles. The van der Waals surface area contributed by atoms with E-state index in [-0.39, 0.29) is 5.92 Å². The van der Waals surface area contributed by atoms with E-state index < -0.39 is 6.08 Å². The summed E-state index contributed by atoms with van der Waals surface area (Å²) in [6.45, 7) is 0. The second-order valence-corrected chi connectivity index (χ2v) is 2.99. The maximum atomic E-state index is 9.44. The van der Waals surface area contributed by atoms with Crippen LogP contribution in [0, 0.1) is 11.8 Å². The van der Waals surface area contributed by atoms with E-state index in [0.717, 1.165) is 6.42 Å². The Bertz CT molecular complexity index is 174. The highest BCUT2D eigenvalue weighted by Gasteiger charge is 2.33. The summed E-state index contributed by atoms with van der Waals surface area (Å²) in [5.41, 5.74) is 0. The van der Waals surface area contributed by atoms with Gasteiger partial charge in [0.15, 0.2) is 0 Å². The minimum Gasteiger partial charge on any atom is -0.389 e. The first-order valence-electron chi connectivity index (χ1n) is 4.12. The van der Waals surface area contributed by atoms with Crippen molar-refractivity contribution in [2.24, 2.45) is 11.8 Å². The Kier molecular flexibility index (Phi) is 0.922. The molecule has 1 fully saturated rings. The predicted molar refractivity (Wildman–Crippen MR) is 36.0 cm³/mol. The fourth-order valence-electron chi connectivity index (χ4n) is 1.93. The molecule has 9 heavy (non-hydrogen) atoms. The minimum absolute atomic E-state index is 0.201. The van der Waals surface area contributed by atoms with Gasteiger partial charge in [-0.15, -0.1) is 0 Å². The van der Waals surface area contributed by atoms with Crippen molar-refractivity contribution in [1.29, 1.82) is 0 Å². The monoisotopic (exact) mass is 125 g/mol. The van der Waals surface area contributed by atoms with Gasteiger partial charge in [0.1, 0.15) is 0 Å². The molecule has 0 radical (unpaired) electrons. The van der Waals surface area contributed by atoms with Crippen molar-refractivity contribution in [3.8, 4) is 0 Å². The molecule has 2 rings (SSSR count). The van der Waals surface area contributed by atoms with E-state index >= 15 is 0 Å². The molecule has 0 bridgehead atoms. The summed E-state index contributed by atoms with van der Waals surface area (Å²) in [5, 5.41) is 9.44. The van der Waals surface area contributed by atoms with Crippen LogP contribution in [0.1, 0.15) is 20.6 Å². The van der Waals surface area contributed by atoms with Crippen LogP contribution >= 0.6 is 0 Å². The third kappa shape index (κ3) is 0.715. The molecule has 1 heteroatoms. The first kappa shape index (κ1) is 4.51. The fourth-order valence-corrected chi connectivity index (χ4v) is 1.93. The Morgan fingerprint density at radius 1 is 1.44 bits per heavy atom. The van der Waals surface area contributed by atoms with Crippen molar-refractivity contribution in [3.63, 3.8) is 0 Å². The lowest BCUT2D eigenvalue weighted by molar-refractivity contribution is 0.154. The molecule has 3 atom stereocenters. The van der Waals surface area contributed by atoms with E-state index in [1.807, 2.05) is 6.08 Å². The number of allylic oxidation sites excluding steroid dienone is 1. The molecule has 0 aliphatic heterocycles. The van der Waals surface area contributed by atoms with Crippen LogP contribution in [0.25, 0.3) is 0 Å². The van der Waals surface area contributed by atoms with E-state index in [0.29, 0.717) is 5.92 Å². The van der Waals surface area contributed by atoms with Crippen LogP contribution in [-0.2, 0) is 0 Å². The lowest BCUT2D eigenvalue weighted by Gasteiger charge is -2.11. The zero-order chi connectivity index (χ0) is 7.19. The van der Waals surface area contributed by atoms with Crippen molar-refractivity contribution in [2.75, 3.05) is 0 Å². The molecule has 1 nitrogen and oxygen atoms in total. The van der Waals surface area contributed by atoms with E-state index in [4.69, 9.17) is 1.37 Å². The highest BCUT2D eigenvalue weighted by Crippen LogP contribution is 2.39. The Morgan fingerprint density at radius 2 is 2.33 bits per heavy atom. The van der Waals surface area contributed by atoms with Gasteiger partial charge in [-0.25, -0.2) is 0 Å². The number of hydrogen-bond acceptors (Lipinski definition) is 1. The topological polar surface area (TPSA) is 20.2 Å². The van der Waals surface area contributed by atoms with Crippen LogP contribution in [0.5, 0.6) is 0 Å². The van der Waals surface area contributed by atoms with Crippen LogP contribution in [0.15, 0.2) is 12.2 Å². The van der Waals surface area contributed by atoms with Gasteiger partial charge in [-0.3, -0.25) is 0 Å². The summed E-state index contributed by atoms with van der Waals surface area (Å²) in [7, 11) is 0. The quantitative estimate of drug-likeness (QED) is 0.484. The van der Waals surface area contributed by atoms with Crippen molar-refractivity contribution in [1.82, 2.24) is 0 Å². The van der Waals surface area contributed by atoms with Gasteiger partial charge in [-0.2, -0.15) is 0 Å². The molecule has 0 heterocycles. The Balaban J connectivity index is 2.23. The van der Waals surface area contributed by atoms with E-state index in [1.54, 1.807) is 6.08 Å². The van der Waals surface area contributed by atoms with E-state index in [1.165, 1.54) is 12.8 Å². The smallest absolute Gasteiger partial charge is 0.0754 e. The number of fused-ring (bicyclic) bond motifs is 1. The van der Waals surface area contributed by atoms with Gasteiger partial charge in [0.25, 0.3) is 0 Å². The van der Waals surface area contributed by atoms with Crippen molar-refractivity contribution >= 4 is 0 Å². The van der Waals surface area contributed by atoms with E-state index in [9.17, 15) is 5.11 Å². The fraction of sp³-hybridized carbons (Fsp3) is 0.750. The Hall–Kier alpha value is -0.300.